The number of nitrogens with zero attached hydrogens (tertiary/aromatic N) is 3. The molecular weight excluding hydrogens is 465 g/mol. The second kappa shape index (κ2) is 9.58. The number of anilines is 1. The summed E-state index contributed by atoms with van der Waals surface area (Å²) in [6.45, 7) is 7.97. The third-order valence-corrected chi connectivity index (χ3v) is 9.58. The molecule has 0 radical (unpaired) electrons. The number of likely N-dealkylation sites (tertiary alicyclic amines) is 1. The number of piperidine rings is 1. The highest BCUT2D eigenvalue weighted by Gasteiger charge is 2.39. The summed E-state index contributed by atoms with van der Waals surface area (Å²) in [6, 6.07) is 3.73. The average molecular weight is 496 g/mol. The summed E-state index contributed by atoms with van der Waals surface area (Å²) in [4.78, 5) is 23.1. The molecule has 2 fully saturated rings. The zero-order valence-corrected chi connectivity index (χ0v) is 20.8. The minimum Gasteiger partial charge on any atom is -0.477 e. The van der Waals surface area contributed by atoms with E-state index in [0.717, 1.165) is 49.2 Å². The number of aryl methyl sites for hydroxylation is 2. The van der Waals surface area contributed by atoms with Crippen molar-refractivity contribution in [3.05, 3.63) is 34.6 Å². The van der Waals surface area contributed by atoms with Gasteiger partial charge < -0.3 is 14.5 Å². The number of aromatic nitrogens is 1. The van der Waals surface area contributed by atoms with Crippen molar-refractivity contribution in [1.29, 1.82) is 0 Å². The van der Waals surface area contributed by atoms with E-state index in [1.165, 1.54) is 23.9 Å². The van der Waals surface area contributed by atoms with E-state index in [4.69, 9.17) is 9.72 Å². The number of rotatable bonds is 7. The number of carbonyl (C=O) groups is 1. The Balaban J connectivity index is 1.36. The Hall–Kier alpha value is -2.20. The maximum absolute atomic E-state index is 14.5. The molecule has 1 amide bonds. The van der Waals surface area contributed by atoms with Gasteiger partial charge in [0.15, 0.2) is 32.6 Å². The molecule has 2 aliphatic rings. The molecule has 0 N–H and O–H groups in total. The first-order chi connectivity index (χ1) is 15.7. The first kappa shape index (κ1) is 23.9. The number of hydrogen-bond acceptors (Lipinski definition) is 7. The van der Waals surface area contributed by atoms with E-state index in [-0.39, 0.29) is 28.3 Å². The SMILES string of the molecule is CCc1sc(N2CCC(N3CCC(Oc4ccc(S(=O)(=O)CC)cc4F)C3=O)CC2)nc1C. The number of carbonyl (C=O) groups excluding carboxylic acids is 1. The van der Waals surface area contributed by atoms with Crippen LogP contribution in [-0.2, 0) is 21.1 Å². The molecule has 1 aromatic carbocycles. The van der Waals surface area contributed by atoms with Crippen LogP contribution in [0.1, 0.15) is 43.7 Å². The average Bonchev–Trinajstić information content (AvgIpc) is 3.37. The zero-order valence-electron chi connectivity index (χ0n) is 19.2. The summed E-state index contributed by atoms with van der Waals surface area (Å²) < 4.78 is 44.1. The van der Waals surface area contributed by atoms with Gasteiger partial charge in [-0.1, -0.05) is 13.8 Å². The van der Waals surface area contributed by atoms with Crippen molar-refractivity contribution in [2.75, 3.05) is 30.3 Å². The fourth-order valence-corrected chi connectivity index (χ4v) is 6.43. The van der Waals surface area contributed by atoms with Crippen LogP contribution in [0.25, 0.3) is 0 Å². The van der Waals surface area contributed by atoms with Crippen LogP contribution in [-0.4, -0.2) is 61.7 Å². The topological polar surface area (TPSA) is 79.8 Å². The van der Waals surface area contributed by atoms with Crippen molar-refractivity contribution in [2.45, 2.75) is 63.5 Å². The normalized spacial score (nSPS) is 20.0. The van der Waals surface area contributed by atoms with Crippen LogP contribution >= 0.6 is 11.3 Å². The number of hydrogen-bond donors (Lipinski definition) is 0. The summed E-state index contributed by atoms with van der Waals surface area (Å²) in [6.07, 6.45) is 2.44. The van der Waals surface area contributed by atoms with Gasteiger partial charge in [-0.2, -0.15) is 0 Å². The Kier molecular flexibility index (Phi) is 6.95. The third kappa shape index (κ3) is 4.87. The van der Waals surface area contributed by atoms with E-state index in [1.807, 2.05) is 11.8 Å². The van der Waals surface area contributed by atoms with Gasteiger partial charge in [-0.25, -0.2) is 17.8 Å². The van der Waals surface area contributed by atoms with Gasteiger partial charge >= 0.3 is 0 Å². The predicted octanol–water partition coefficient (Wildman–Crippen LogP) is 3.60. The smallest absolute Gasteiger partial charge is 0.263 e. The minimum absolute atomic E-state index is 0.0810. The minimum atomic E-state index is -3.50. The molecule has 2 aliphatic heterocycles. The highest BCUT2D eigenvalue weighted by molar-refractivity contribution is 7.91. The first-order valence-corrected chi connectivity index (χ1v) is 13.9. The fraction of sp³-hybridized carbons (Fsp3) is 0.565. The molecule has 1 atom stereocenters. The van der Waals surface area contributed by atoms with Crippen LogP contribution in [0, 0.1) is 12.7 Å². The standard InChI is InChI=1S/C23H30FN3O4S2/c1-4-21-15(3)25-23(32-21)26-11-8-16(9-12-26)27-13-10-20(22(27)28)31-19-7-6-17(14-18(19)24)33(29,30)5-2/h6-7,14,16,20H,4-5,8-13H2,1-3H3. The van der Waals surface area contributed by atoms with Crippen LogP contribution in [0.15, 0.2) is 23.1 Å². The van der Waals surface area contributed by atoms with Gasteiger partial charge in [0, 0.05) is 37.0 Å². The van der Waals surface area contributed by atoms with E-state index in [1.54, 1.807) is 11.3 Å². The molecule has 1 unspecified atom stereocenters. The molecule has 2 aromatic rings. The lowest BCUT2D eigenvalue weighted by atomic mass is 10.0. The number of sulfone groups is 1. The molecule has 1 aromatic heterocycles. The lowest BCUT2D eigenvalue weighted by Gasteiger charge is -2.36. The van der Waals surface area contributed by atoms with E-state index in [9.17, 15) is 17.6 Å². The zero-order chi connectivity index (χ0) is 23.8. The number of halogens is 1. The van der Waals surface area contributed by atoms with E-state index < -0.39 is 21.8 Å². The molecule has 3 heterocycles. The number of benzene rings is 1. The van der Waals surface area contributed by atoms with Gasteiger partial charge in [-0.3, -0.25) is 4.79 Å². The Labute approximate surface area is 198 Å². The second-order valence-corrected chi connectivity index (χ2v) is 11.8. The van der Waals surface area contributed by atoms with Gasteiger partial charge in [0.25, 0.3) is 5.91 Å². The molecule has 7 nitrogen and oxygen atoms in total. The Morgan fingerprint density at radius 3 is 2.52 bits per heavy atom. The quantitative estimate of drug-likeness (QED) is 0.584. The Morgan fingerprint density at radius 2 is 1.91 bits per heavy atom. The summed E-state index contributed by atoms with van der Waals surface area (Å²) >= 11 is 1.75. The molecule has 0 spiro atoms. The monoisotopic (exact) mass is 495 g/mol. The molecule has 180 valence electrons. The number of ether oxygens (including phenoxy) is 1. The summed E-state index contributed by atoms with van der Waals surface area (Å²) in [5.74, 6) is -1.10. The van der Waals surface area contributed by atoms with Gasteiger partial charge in [0.2, 0.25) is 0 Å². The third-order valence-electron chi connectivity index (χ3n) is 6.48. The lowest BCUT2D eigenvalue weighted by molar-refractivity contribution is -0.135. The van der Waals surface area contributed by atoms with E-state index >= 15 is 0 Å². The summed E-state index contributed by atoms with van der Waals surface area (Å²) in [5, 5.41) is 1.06. The first-order valence-electron chi connectivity index (χ1n) is 11.4. The second-order valence-electron chi connectivity index (χ2n) is 8.50. The van der Waals surface area contributed by atoms with Gasteiger partial charge in [0.1, 0.15) is 0 Å². The highest BCUT2D eigenvalue weighted by atomic mass is 32.2. The molecule has 0 aliphatic carbocycles. The highest BCUT2D eigenvalue weighted by Crippen LogP contribution is 2.32. The maximum Gasteiger partial charge on any atom is 0.263 e. The van der Waals surface area contributed by atoms with Crippen molar-refractivity contribution >= 4 is 32.2 Å². The largest absolute Gasteiger partial charge is 0.477 e. The molecule has 33 heavy (non-hydrogen) atoms. The molecule has 2 saturated heterocycles. The van der Waals surface area contributed by atoms with Crippen molar-refractivity contribution in [2.24, 2.45) is 0 Å². The molecular formula is C23H30FN3O4S2. The van der Waals surface area contributed by atoms with Crippen molar-refractivity contribution < 1.29 is 22.3 Å². The van der Waals surface area contributed by atoms with Crippen LogP contribution < -0.4 is 9.64 Å². The predicted molar refractivity (Wildman–Crippen MR) is 126 cm³/mol. The maximum atomic E-state index is 14.5. The van der Waals surface area contributed by atoms with Gasteiger partial charge in [-0.05, 0) is 44.4 Å². The van der Waals surface area contributed by atoms with Crippen molar-refractivity contribution in [3.8, 4) is 5.75 Å². The van der Waals surface area contributed by atoms with Crippen LogP contribution in [0.2, 0.25) is 0 Å². The molecule has 4 rings (SSSR count). The number of thiazole rings is 1. The molecule has 0 bridgehead atoms. The lowest BCUT2D eigenvalue weighted by Crippen LogP contribution is -2.47. The summed E-state index contributed by atoms with van der Waals surface area (Å²) in [7, 11) is -3.50. The van der Waals surface area contributed by atoms with Crippen LogP contribution in [0.3, 0.4) is 0 Å². The number of amides is 1. The van der Waals surface area contributed by atoms with E-state index in [2.05, 4.69) is 11.8 Å². The molecule has 10 heteroatoms. The fourth-order valence-electron chi connectivity index (χ4n) is 4.48. The summed E-state index contributed by atoms with van der Waals surface area (Å²) in [5.41, 5.74) is 1.10. The van der Waals surface area contributed by atoms with Gasteiger partial charge in [0.05, 0.1) is 16.3 Å². The Morgan fingerprint density at radius 1 is 1.18 bits per heavy atom. The van der Waals surface area contributed by atoms with Crippen molar-refractivity contribution in [1.82, 2.24) is 9.88 Å². The van der Waals surface area contributed by atoms with Crippen molar-refractivity contribution in [3.63, 3.8) is 0 Å². The van der Waals surface area contributed by atoms with E-state index in [0.29, 0.717) is 13.0 Å². The Bertz CT molecular complexity index is 1130. The molecule has 0 saturated carbocycles. The van der Waals surface area contributed by atoms with Crippen LogP contribution in [0.4, 0.5) is 9.52 Å². The van der Waals surface area contributed by atoms with Crippen LogP contribution in [0.5, 0.6) is 5.75 Å². The van der Waals surface area contributed by atoms with Gasteiger partial charge in [-0.15, -0.1) is 11.3 Å².